The molecule has 5 rings (SSSR count). The zero-order chi connectivity index (χ0) is 24.4. The van der Waals surface area contributed by atoms with Crippen molar-refractivity contribution in [3.63, 3.8) is 0 Å². The van der Waals surface area contributed by atoms with Crippen LogP contribution in [0.1, 0.15) is 53.3 Å². The number of halogens is 1. The minimum atomic E-state index is -0.435. The summed E-state index contributed by atoms with van der Waals surface area (Å²) in [5, 5.41) is 2.99. The van der Waals surface area contributed by atoms with Crippen molar-refractivity contribution in [3.8, 4) is 5.75 Å². The van der Waals surface area contributed by atoms with Gasteiger partial charge in [-0.15, -0.1) is 0 Å². The van der Waals surface area contributed by atoms with Crippen LogP contribution in [0, 0.1) is 12.7 Å². The van der Waals surface area contributed by atoms with Crippen molar-refractivity contribution in [1.29, 1.82) is 0 Å². The molecule has 0 bridgehead atoms. The van der Waals surface area contributed by atoms with Crippen LogP contribution in [0.4, 0.5) is 4.39 Å². The van der Waals surface area contributed by atoms with Crippen LogP contribution >= 0.6 is 0 Å². The minimum Gasteiger partial charge on any atom is -0.497 e. The van der Waals surface area contributed by atoms with Crippen molar-refractivity contribution in [1.82, 2.24) is 19.6 Å². The fourth-order valence-corrected chi connectivity index (χ4v) is 5.16. The van der Waals surface area contributed by atoms with Crippen molar-refractivity contribution < 1.29 is 13.9 Å². The SMILES string of the molecule is COc1ccc(C2CCN(C3=CC=C(CNC(=O)c4c(C)nc5c(F)cccn45)CC3)CC2)cc1. The molecule has 35 heavy (non-hydrogen) atoms. The van der Waals surface area contributed by atoms with Crippen LogP contribution < -0.4 is 10.1 Å². The number of allylic oxidation sites excluding steroid dienone is 3. The number of rotatable bonds is 6. The van der Waals surface area contributed by atoms with E-state index in [-0.39, 0.29) is 11.6 Å². The van der Waals surface area contributed by atoms with Gasteiger partial charge in [-0.05, 0) is 74.4 Å². The van der Waals surface area contributed by atoms with Gasteiger partial charge >= 0.3 is 0 Å². The molecule has 0 saturated carbocycles. The third-order valence-corrected chi connectivity index (χ3v) is 7.17. The van der Waals surface area contributed by atoms with E-state index in [0.717, 1.165) is 44.5 Å². The van der Waals surface area contributed by atoms with Gasteiger partial charge in [0.1, 0.15) is 11.4 Å². The molecule has 0 atom stereocenters. The molecule has 0 unspecified atom stereocenters. The largest absolute Gasteiger partial charge is 0.497 e. The number of hydrogen-bond donors (Lipinski definition) is 1. The lowest BCUT2D eigenvalue weighted by atomic mass is 9.88. The number of imidazole rings is 1. The van der Waals surface area contributed by atoms with Crippen molar-refractivity contribution in [3.05, 3.63) is 88.8 Å². The highest BCUT2D eigenvalue weighted by Crippen LogP contribution is 2.32. The second kappa shape index (κ2) is 9.94. The topological polar surface area (TPSA) is 58.9 Å². The molecule has 0 spiro atoms. The highest BCUT2D eigenvalue weighted by atomic mass is 19.1. The lowest BCUT2D eigenvalue weighted by Gasteiger charge is -2.36. The Labute approximate surface area is 205 Å². The molecule has 1 saturated heterocycles. The third kappa shape index (κ3) is 4.81. The summed E-state index contributed by atoms with van der Waals surface area (Å²) in [4.78, 5) is 19.6. The van der Waals surface area contributed by atoms with Gasteiger partial charge in [0.25, 0.3) is 5.91 Å². The predicted octanol–water partition coefficient (Wildman–Crippen LogP) is 5.00. The smallest absolute Gasteiger partial charge is 0.270 e. The summed E-state index contributed by atoms with van der Waals surface area (Å²) < 4.78 is 20.8. The Kier molecular flexibility index (Phi) is 6.57. The number of benzene rings is 1. The van der Waals surface area contributed by atoms with Crippen LogP contribution in [-0.4, -0.2) is 46.9 Å². The molecule has 1 aliphatic heterocycles. The van der Waals surface area contributed by atoms with Gasteiger partial charge in [-0.1, -0.05) is 23.8 Å². The number of carbonyl (C=O) groups is 1. The molecule has 2 aliphatic rings. The Balaban J connectivity index is 1.16. The number of nitrogens with zero attached hydrogens (tertiary/aromatic N) is 3. The number of carbonyl (C=O) groups excluding carboxylic acids is 1. The van der Waals surface area contributed by atoms with Gasteiger partial charge in [0.15, 0.2) is 11.5 Å². The molecule has 1 fully saturated rings. The average Bonchev–Trinajstić information content (AvgIpc) is 3.25. The highest BCUT2D eigenvalue weighted by molar-refractivity contribution is 5.94. The maximum absolute atomic E-state index is 14.0. The first-order valence-electron chi connectivity index (χ1n) is 12.2. The van der Waals surface area contributed by atoms with Crippen molar-refractivity contribution in [2.75, 3.05) is 26.7 Å². The van der Waals surface area contributed by atoms with Crippen LogP contribution in [0.25, 0.3) is 5.65 Å². The van der Waals surface area contributed by atoms with E-state index in [1.54, 1.807) is 26.3 Å². The predicted molar refractivity (Wildman–Crippen MR) is 134 cm³/mol. The van der Waals surface area contributed by atoms with Gasteiger partial charge in [0.2, 0.25) is 0 Å². The normalized spacial score (nSPS) is 16.7. The van der Waals surface area contributed by atoms with E-state index in [4.69, 9.17) is 4.74 Å². The van der Waals surface area contributed by atoms with Crippen LogP contribution in [0.3, 0.4) is 0 Å². The molecule has 1 N–H and O–H groups in total. The van der Waals surface area contributed by atoms with Crippen LogP contribution in [0.5, 0.6) is 5.75 Å². The molecule has 1 amide bonds. The number of fused-ring (bicyclic) bond motifs is 1. The van der Waals surface area contributed by atoms with Gasteiger partial charge in [0, 0.05) is 31.5 Å². The number of likely N-dealkylation sites (tertiary alicyclic amines) is 1. The number of piperidine rings is 1. The fraction of sp³-hybridized carbons (Fsp3) is 0.357. The number of aromatic nitrogens is 2. The molecular weight excluding hydrogens is 443 g/mol. The highest BCUT2D eigenvalue weighted by Gasteiger charge is 2.23. The summed E-state index contributed by atoms with van der Waals surface area (Å²) in [5.74, 6) is 0.825. The van der Waals surface area contributed by atoms with Crippen LogP contribution in [-0.2, 0) is 0 Å². The standard InChI is InChI=1S/C28H31FN4O2/c1-19-26(33-15-3-4-25(29)27(33)31-19)28(34)30-18-20-5-9-23(10-6-20)32-16-13-22(14-17-32)21-7-11-24(35-2)12-8-21/h3-5,7-9,11-12,15,22H,6,10,13-14,16-18H2,1-2H3,(H,30,34). The van der Waals surface area contributed by atoms with E-state index in [2.05, 4.69) is 39.5 Å². The lowest BCUT2D eigenvalue weighted by molar-refractivity contribution is 0.0950. The number of methoxy groups -OCH3 is 1. The van der Waals surface area contributed by atoms with E-state index in [1.165, 1.54) is 27.3 Å². The fourth-order valence-electron chi connectivity index (χ4n) is 5.16. The summed E-state index contributed by atoms with van der Waals surface area (Å²) >= 11 is 0. The van der Waals surface area contributed by atoms with Gasteiger partial charge in [-0.2, -0.15) is 0 Å². The number of ether oxygens (including phenoxy) is 1. The van der Waals surface area contributed by atoms with E-state index >= 15 is 0 Å². The number of pyridine rings is 1. The maximum Gasteiger partial charge on any atom is 0.270 e. The first-order valence-corrected chi connectivity index (χ1v) is 12.2. The van der Waals surface area contributed by atoms with Gasteiger partial charge in [0.05, 0.1) is 12.8 Å². The second-order valence-corrected chi connectivity index (χ2v) is 9.30. The summed E-state index contributed by atoms with van der Waals surface area (Å²) in [6, 6.07) is 11.4. The number of aryl methyl sites for hydroxylation is 1. The Morgan fingerprint density at radius 3 is 2.60 bits per heavy atom. The average molecular weight is 475 g/mol. The van der Waals surface area contributed by atoms with E-state index in [1.807, 2.05) is 12.1 Å². The molecule has 3 aromatic rings. The van der Waals surface area contributed by atoms with Crippen molar-refractivity contribution in [2.45, 2.75) is 38.5 Å². The number of amides is 1. The second-order valence-electron chi connectivity index (χ2n) is 9.30. The zero-order valence-corrected chi connectivity index (χ0v) is 20.3. The third-order valence-electron chi connectivity index (χ3n) is 7.17. The first kappa shape index (κ1) is 23.1. The van der Waals surface area contributed by atoms with Gasteiger partial charge in [-0.25, -0.2) is 9.37 Å². The summed E-state index contributed by atoms with van der Waals surface area (Å²) in [5.41, 5.74) is 5.03. The molecule has 2 aromatic heterocycles. The number of hydrogen-bond acceptors (Lipinski definition) is 4. The van der Waals surface area contributed by atoms with Crippen molar-refractivity contribution >= 4 is 11.6 Å². The molecule has 6 nitrogen and oxygen atoms in total. The quantitative estimate of drug-likeness (QED) is 0.546. The molecule has 0 radical (unpaired) electrons. The zero-order valence-electron chi connectivity index (χ0n) is 20.3. The molecule has 3 heterocycles. The molecule has 7 heteroatoms. The Hall–Kier alpha value is -3.61. The van der Waals surface area contributed by atoms with E-state index in [9.17, 15) is 9.18 Å². The lowest BCUT2D eigenvalue weighted by Crippen LogP contribution is -2.33. The summed E-state index contributed by atoms with van der Waals surface area (Å²) in [6.07, 6.45) is 10.2. The minimum absolute atomic E-state index is 0.176. The Bertz CT molecular complexity index is 1280. The summed E-state index contributed by atoms with van der Waals surface area (Å²) in [7, 11) is 1.70. The Morgan fingerprint density at radius 1 is 1.14 bits per heavy atom. The van der Waals surface area contributed by atoms with Gasteiger partial charge in [-0.3, -0.25) is 9.20 Å². The molecule has 182 valence electrons. The van der Waals surface area contributed by atoms with E-state index < -0.39 is 5.82 Å². The van der Waals surface area contributed by atoms with Crippen LogP contribution in [0.15, 0.2) is 66.0 Å². The Morgan fingerprint density at radius 2 is 1.91 bits per heavy atom. The monoisotopic (exact) mass is 474 g/mol. The van der Waals surface area contributed by atoms with Crippen molar-refractivity contribution in [2.24, 2.45) is 0 Å². The maximum atomic E-state index is 14.0. The first-order chi connectivity index (χ1) is 17.0. The molecule has 1 aromatic carbocycles. The summed E-state index contributed by atoms with van der Waals surface area (Å²) in [6.45, 7) is 4.33. The van der Waals surface area contributed by atoms with Gasteiger partial charge < -0.3 is 15.0 Å². The van der Waals surface area contributed by atoms with Crippen LogP contribution in [0.2, 0.25) is 0 Å². The van der Waals surface area contributed by atoms with E-state index in [0.29, 0.717) is 23.9 Å². The molecule has 1 aliphatic carbocycles. The molecular formula is C28H31FN4O2. The number of nitrogens with one attached hydrogen (secondary N) is 1.